The average Bonchev–Trinajstić information content (AvgIpc) is 2.69. The lowest BCUT2D eigenvalue weighted by Gasteiger charge is -2.19. The summed E-state index contributed by atoms with van der Waals surface area (Å²) >= 11 is 0. The third kappa shape index (κ3) is 39.9. The van der Waals surface area contributed by atoms with Crippen molar-refractivity contribution >= 4 is 0 Å². The summed E-state index contributed by atoms with van der Waals surface area (Å²) in [7, 11) is 0. The van der Waals surface area contributed by atoms with Crippen LogP contribution in [0.3, 0.4) is 0 Å². The molecule has 0 aliphatic carbocycles. The minimum Gasteiger partial charge on any atom is -0.304 e. The van der Waals surface area contributed by atoms with Crippen LogP contribution in [0.15, 0.2) is 25.8 Å². The number of hydrogen-bond acceptors (Lipinski definition) is 1. The minimum absolute atomic E-state index is 1.16. The summed E-state index contributed by atoms with van der Waals surface area (Å²) in [5, 5.41) is 0. The van der Waals surface area contributed by atoms with E-state index < -0.39 is 0 Å². The zero-order valence-corrected chi connectivity index (χ0v) is 19.0. The van der Waals surface area contributed by atoms with Crippen LogP contribution in [-0.4, -0.2) is 24.5 Å². The van der Waals surface area contributed by atoms with Crippen molar-refractivity contribution in [2.24, 2.45) is 0 Å². The Labute approximate surface area is 163 Å². The Hall–Kier alpha value is -0.560. The molecule has 0 saturated carbocycles. The number of rotatable bonds is 14. The average molecular weight is 356 g/mol. The van der Waals surface area contributed by atoms with Crippen LogP contribution in [0.5, 0.6) is 0 Å². The normalized spacial score (nSPS) is 9.08. The molecule has 0 atom stereocenters. The van der Waals surface area contributed by atoms with Gasteiger partial charge in [0, 0.05) is 0 Å². The Morgan fingerprint density at radius 2 is 1.08 bits per heavy atom. The quantitative estimate of drug-likeness (QED) is 0.222. The number of allylic oxidation sites excluding steroid dienone is 1. The summed E-state index contributed by atoms with van der Waals surface area (Å²) in [5.74, 6) is 0. The molecule has 0 spiro atoms. The van der Waals surface area contributed by atoms with Crippen molar-refractivity contribution in [3.05, 3.63) is 25.8 Å². The second-order valence-corrected chi connectivity index (χ2v) is 5.99. The monoisotopic (exact) mass is 355 g/mol. The molecule has 0 amide bonds. The molecule has 0 radical (unpaired) electrons. The lowest BCUT2D eigenvalue weighted by molar-refractivity contribution is 0.278. The van der Waals surface area contributed by atoms with E-state index in [0.29, 0.717) is 0 Å². The van der Waals surface area contributed by atoms with Crippen LogP contribution >= 0.6 is 0 Å². The minimum atomic E-state index is 1.16. The Bertz CT molecular complexity index is 187. The molecule has 0 rings (SSSR count). The molecule has 154 valence electrons. The predicted octanol–water partition coefficient (Wildman–Crippen LogP) is 8.66. The fourth-order valence-corrected chi connectivity index (χ4v) is 2.18. The first-order valence-corrected chi connectivity index (χ1v) is 11.1. The van der Waals surface area contributed by atoms with Crippen molar-refractivity contribution in [3.8, 4) is 0 Å². The first-order valence-electron chi connectivity index (χ1n) is 11.1. The van der Waals surface area contributed by atoms with Gasteiger partial charge in [-0.15, -0.1) is 19.7 Å². The van der Waals surface area contributed by atoms with E-state index in [1.165, 1.54) is 83.8 Å². The van der Waals surface area contributed by atoms with Crippen LogP contribution in [0.4, 0.5) is 0 Å². The van der Waals surface area contributed by atoms with Gasteiger partial charge in [0.15, 0.2) is 0 Å². The second kappa shape index (κ2) is 38.8. The van der Waals surface area contributed by atoms with Gasteiger partial charge in [-0.3, -0.25) is 0 Å². The molecule has 0 aliphatic heterocycles. The Kier molecular flexibility index (Phi) is 49.9. The molecule has 0 aromatic heterocycles. The first-order chi connectivity index (χ1) is 12.3. The van der Waals surface area contributed by atoms with Crippen molar-refractivity contribution in [3.63, 3.8) is 0 Å². The van der Waals surface area contributed by atoms with E-state index >= 15 is 0 Å². The highest BCUT2D eigenvalue weighted by Gasteiger charge is 2.00. The molecule has 0 aromatic rings. The zero-order valence-electron chi connectivity index (χ0n) is 19.0. The summed E-state index contributed by atoms with van der Waals surface area (Å²) in [4.78, 5) is 2.58. The fourth-order valence-electron chi connectivity index (χ4n) is 2.18. The molecular formula is C24H53N. The fraction of sp³-hybridized carbons (Fsp3) is 0.833. The molecule has 0 aromatic carbocycles. The SMILES string of the molecule is C=C.C=CCCCN(CC)CCCCCCCCC.CC.CCCC. The van der Waals surface area contributed by atoms with Crippen molar-refractivity contribution in [1.82, 2.24) is 4.90 Å². The number of nitrogens with zero attached hydrogens (tertiary/aromatic N) is 1. The lowest BCUT2D eigenvalue weighted by Crippen LogP contribution is -2.25. The van der Waals surface area contributed by atoms with Gasteiger partial charge < -0.3 is 4.90 Å². The van der Waals surface area contributed by atoms with E-state index in [9.17, 15) is 0 Å². The van der Waals surface area contributed by atoms with Gasteiger partial charge in [0.1, 0.15) is 0 Å². The summed E-state index contributed by atoms with van der Waals surface area (Å²) < 4.78 is 0. The van der Waals surface area contributed by atoms with Gasteiger partial charge in [-0.2, -0.15) is 0 Å². The highest BCUT2D eigenvalue weighted by atomic mass is 15.1. The Morgan fingerprint density at radius 1 is 0.640 bits per heavy atom. The van der Waals surface area contributed by atoms with E-state index in [1.54, 1.807) is 0 Å². The van der Waals surface area contributed by atoms with E-state index in [4.69, 9.17) is 0 Å². The summed E-state index contributed by atoms with van der Waals surface area (Å²) in [6.45, 7) is 26.4. The van der Waals surface area contributed by atoms with Crippen molar-refractivity contribution in [2.75, 3.05) is 19.6 Å². The Morgan fingerprint density at radius 3 is 1.48 bits per heavy atom. The van der Waals surface area contributed by atoms with Gasteiger partial charge in [-0.1, -0.05) is 99.0 Å². The van der Waals surface area contributed by atoms with Crippen LogP contribution in [0.25, 0.3) is 0 Å². The van der Waals surface area contributed by atoms with Gasteiger partial charge in [0.25, 0.3) is 0 Å². The van der Waals surface area contributed by atoms with Gasteiger partial charge in [0.2, 0.25) is 0 Å². The van der Waals surface area contributed by atoms with E-state index in [1.807, 2.05) is 19.9 Å². The highest BCUT2D eigenvalue weighted by Crippen LogP contribution is 2.08. The maximum Gasteiger partial charge on any atom is -0.00159 e. The second-order valence-electron chi connectivity index (χ2n) is 5.99. The maximum atomic E-state index is 3.78. The van der Waals surface area contributed by atoms with E-state index in [2.05, 4.69) is 52.3 Å². The smallest absolute Gasteiger partial charge is 0.00159 e. The number of hydrogen-bond donors (Lipinski definition) is 0. The number of unbranched alkanes of at least 4 members (excludes halogenated alkanes) is 8. The van der Waals surface area contributed by atoms with Gasteiger partial charge >= 0.3 is 0 Å². The maximum absolute atomic E-state index is 3.78. The van der Waals surface area contributed by atoms with Gasteiger partial charge in [0.05, 0.1) is 0 Å². The van der Waals surface area contributed by atoms with Crippen LogP contribution in [0, 0.1) is 0 Å². The van der Waals surface area contributed by atoms with E-state index in [0.717, 1.165) is 6.42 Å². The standard InChI is InChI=1S/C16H33N.C4H10.C2H6.C2H4/c1-4-7-9-10-11-12-14-16-17(6-3)15-13-8-5-2;1-3-4-2;2*1-2/h5H,2,4,6-16H2,1,3H3;3-4H2,1-2H3;1-2H3;1-2H2. The molecule has 1 heteroatoms. The summed E-state index contributed by atoms with van der Waals surface area (Å²) in [6.07, 6.45) is 17.0. The molecule has 0 unspecified atom stereocenters. The van der Waals surface area contributed by atoms with Crippen molar-refractivity contribution in [1.29, 1.82) is 0 Å². The molecule has 0 heterocycles. The third-order valence-electron chi connectivity index (χ3n) is 3.91. The Balaban J connectivity index is -0.000000234. The van der Waals surface area contributed by atoms with E-state index in [-0.39, 0.29) is 0 Å². The molecule has 1 nitrogen and oxygen atoms in total. The van der Waals surface area contributed by atoms with Crippen LogP contribution in [0.1, 0.15) is 112 Å². The van der Waals surface area contributed by atoms with Gasteiger partial charge in [-0.05, 0) is 38.9 Å². The summed E-state index contributed by atoms with van der Waals surface area (Å²) in [6, 6.07) is 0. The summed E-state index contributed by atoms with van der Waals surface area (Å²) in [5.41, 5.74) is 0. The predicted molar refractivity (Wildman–Crippen MR) is 123 cm³/mol. The van der Waals surface area contributed by atoms with Crippen molar-refractivity contribution in [2.45, 2.75) is 112 Å². The van der Waals surface area contributed by atoms with Crippen LogP contribution in [0.2, 0.25) is 0 Å². The molecule has 0 aliphatic rings. The molecule has 0 bridgehead atoms. The zero-order chi connectivity index (χ0) is 20.2. The van der Waals surface area contributed by atoms with Gasteiger partial charge in [-0.25, -0.2) is 0 Å². The molecule has 0 N–H and O–H groups in total. The molecule has 0 fully saturated rings. The third-order valence-corrected chi connectivity index (χ3v) is 3.91. The molecule has 0 saturated heterocycles. The molecular weight excluding hydrogens is 302 g/mol. The lowest BCUT2D eigenvalue weighted by atomic mass is 10.1. The highest BCUT2D eigenvalue weighted by molar-refractivity contribution is 4.67. The first kappa shape index (κ1) is 32.1. The van der Waals surface area contributed by atoms with Crippen LogP contribution < -0.4 is 0 Å². The van der Waals surface area contributed by atoms with Crippen molar-refractivity contribution < 1.29 is 0 Å². The van der Waals surface area contributed by atoms with Crippen LogP contribution in [-0.2, 0) is 0 Å². The topological polar surface area (TPSA) is 3.24 Å². The largest absolute Gasteiger partial charge is 0.304 e. The molecule has 25 heavy (non-hydrogen) atoms.